The summed E-state index contributed by atoms with van der Waals surface area (Å²) in [7, 11) is 0. The SMILES string of the molecule is CC(O)C1CCN(C(=O)c2ccc(Cl)cn2)C1. The van der Waals surface area contributed by atoms with Crippen molar-refractivity contribution < 1.29 is 9.90 Å². The number of aliphatic hydroxyl groups excluding tert-OH is 1. The number of aliphatic hydroxyl groups is 1. The quantitative estimate of drug-likeness (QED) is 0.872. The molecule has 2 rings (SSSR count). The van der Waals surface area contributed by atoms with Gasteiger partial charge in [-0.1, -0.05) is 11.6 Å². The number of halogens is 1. The Labute approximate surface area is 105 Å². The average molecular weight is 255 g/mol. The molecule has 0 bridgehead atoms. The van der Waals surface area contributed by atoms with Gasteiger partial charge in [0.2, 0.25) is 0 Å². The van der Waals surface area contributed by atoms with Crippen LogP contribution >= 0.6 is 11.6 Å². The van der Waals surface area contributed by atoms with Crippen LogP contribution in [0, 0.1) is 5.92 Å². The minimum absolute atomic E-state index is 0.0928. The van der Waals surface area contributed by atoms with Gasteiger partial charge in [-0.15, -0.1) is 0 Å². The second-order valence-electron chi connectivity index (χ2n) is 4.40. The molecule has 1 saturated heterocycles. The molecular formula is C12H15ClN2O2. The molecule has 0 spiro atoms. The molecule has 1 fully saturated rings. The lowest BCUT2D eigenvalue weighted by Gasteiger charge is -2.17. The average Bonchev–Trinajstić information content (AvgIpc) is 2.78. The van der Waals surface area contributed by atoms with Crippen molar-refractivity contribution in [3.05, 3.63) is 29.0 Å². The Morgan fingerprint density at radius 2 is 2.41 bits per heavy atom. The molecule has 17 heavy (non-hydrogen) atoms. The molecule has 1 aliphatic heterocycles. The van der Waals surface area contributed by atoms with Crippen molar-refractivity contribution >= 4 is 17.5 Å². The highest BCUT2D eigenvalue weighted by molar-refractivity contribution is 6.30. The molecule has 92 valence electrons. The Kier molecular flexibility index (Phi) is 3.64. The van der Waals surface area contributed by atoms with Crippen molar-refractivity contribution in [1.82, 2.24) is 9.88 Å². The fraction of sp³-hybridized carbons (Fsp3) is 0.500. The van der Waals surface area contributed by atoms with Crippen molar-refractivity contribution in [1.29, 1.82) is 0 Å². The second-order valence-corrected chi connectivity index (χ2v) is 4.84. The number of aromatic nitrogens is 1. The predicted molar refractivity (Wildman–Crippen MR) is 64.9 cm³/mol. The standard InChI is InChI=1S/C12H15ClN2O2/c1-8(16)9-4-5-15(7-9)12(17)11-3-2-10(13)6-14-11/h2-3,6,8-9,16H,4-5,7H2,1H3. The molecule has 4 nitrogen and oxygen atoms in total. The van der Waals surface area contributed by atoms with E-state index in [1.54, 1.807) is 24.0 Å². The number of nitrogens with zero attached hydrogens (tertiary/aromatic N) is 2. The summed E-state index contributed by atoms with van der Waals surface area (Å²) in [6, 6.07) is 3.28. The molecule has 0 saturated carbocycles. The van der Waals surface area contributed by atoms with Gasteiger partial charge in [0.1, 0.15) is 5.69 Å². The maximum atomic E-state index is 12.1. The van der Waals surface area contributed by atoms with E-state index in [1.165, 1.54) is 6.20 Å². The highest BCUT2D eigenvalue weighted by Crippen LogP contribution is 2.21. The monoisotopic (exact) mass is 254 g/mol. The zero-order valence-electron chi connectivity index (χ0n) is 9.64. The van der Waals surface area contributed by atoms with Crippen LogP contribution in [0.1, 0.15) is 23.8 Å². The van der Waals surface area contributed by atoms with E-state index in [0.29, 0.717) is 23.8 Å². The van der Waals surface area contributed by atoms with E-state index in [-0.39, 0.29) is 17.9 Å². The fourth-order valence-corrected chi connectivity index (χ4v) is 2.14. The fourth-order valence-electron chi connectivity index (χ4n) is 2.03. The van der Waals surface area contributed by atoms with Crippen LogP contribution in [0.5, 0.6) is 0 Å². The Balaban J connectivity index is 2.04. The molecule has 2 unspecified atom stereocenters. The minimum atomic E-state index is -0.369. The molecule has 2 heterocycles. The molecule has 0 aliphatic carbocycles. The van der Waals surface area contributed by atoms with E-state index in [4.69, 9.17) is 11.6 Å². The number of hydrogen-bond donors (Lipinski definition) is 1. The van der Waals surface area contributed by atoms with Crippen LogP contribution in [0.4, 0.5) is 0 Å². The lowest BCUT2D eigenvalue weighted by atomic mass is 10.0. The van der Waals surface area contributed by atoms with Crippen molar-refractivity contribution in [3.63, 3.8) is 0 Å². The first kappa shape index (κ1) is 12.3. The summed E-state index contributed by atoms with van der Waals surface area (Å²) < 4.78 is 0. The number of rotatable bonds is 2. The largest absolute Gasteiger partial charge is 0.393 e. The lowest BCUT2D eigenvalue weighted by molar-refractivity contribution is 0.0757. The number of hydrogen-bond acceptors (Lipinski definition) is 3. The number of amides is 1. The molecule has 5 heteroatoms. The Bertz CT molecular complexity index is 405. The molecule has 1 aromatic rings. The summed E-state index contributed by atoms with van der Waals surface area (Å²) in [4.78, 5) is 17.8. The van der Waals surface area contributed by atoms with Crippen molar-refractivity contribution in [2.75, 3.05) is 13.1 Å². The highest BCUT2D eigenvalue weighted by atomic mass is 35.5. The zero-order valence-corrected chi connectivity index (χ0v) is 10.4. The highest BCUT2D eigenvalue weighted by Gasteiger charge is 2.29. The van der Waals surface area contributed by atoms with Crippen LogP contribution in [0.2, 0.25) is 5.02 Å². The zero-order chi connectivity index (χ0) is 12.4. The van der Waals surface area contributed by atoms with E-state index in [1.807, 2.05) is 0 Å². The molecule has 1 N–H and O–H groups in total. The lowest BCUT2D eigenvalue weighted by Crippen LogP contribution is -2.30. The molecule has 0 radical (unpaired) electrons. The molecule has 1 aliphatic rings. The van der Waals surface area contributed by atoms with Crippen LogP contribution in [-0.2, 0) is 0 Å². The molecule has 2 atom stereocenters. The van der Waals surface area contributed by atoms with E-state index >= 15 is 0 Å². The van der Waals surface area contributed by atoms with Crippen LogP contribution in [0.25, 0.3) is 0 Å². The Morgan fingerprint density at radius 3 is 2.94 bits per heavy atom. The van der Waals surface area contributed by atoms with Crippen LogP contribution in [-0.4, -0.2) is 40.1 Å². The summed E-state index contributed by atoms with van der Waals surface area (Å²) >= 11 is 5.72. The van der Waals surface area contributed by atoms with Crippen molar-refractivity contribution in [2.24, 2.45) is 5.92 Å². The van der Waals surface area contributed by atoms with Gasteiger partial charge >= 0.3 is 0 Å². The van der Waals surface area contributed by atoms with E-state index in [2.05, 4.69) is 4.98 Å². The third-order valence-corrected chi connectivity index (χ3v) is 3.36. The summed E-state index contributed by atoms with van der Waals surface area (Å²) in [6.07, 6.45) is 1.94. The minimum Gasteiger partial charge on any atom is -0.393 e. The summed E-state index contributed by atoms with van der Waals surface area (Å²) in [6.45, 7) is 3.04. The van der Waals surface area contributed by atoms with Gasteiger partial charge in [-0.05, 0) is 25.5 Å². The Morgan fingerprint density at radius 1 is 1.65 bits per heavy atom. The molecule has 1 amide bonds. The smallest absolute Gasteiger partial charge is 0.272 e. The third kappa shape index (κ3) is 2.76. The summed E-state index contributed by atoms with van der Waals surface area (Å²) in [5.41, 5.74) is 0.403. The number of likely N-dealkylation sites (tertiary alicyclic amines) is 1. The van der Waals surface area contributed by atoms with Gasteiger partial charge in [0.25, 0.3) is 5.91 Å². The molecule has 1 aromatic heterocycles. The van der Waals surface area contributed by atoms with Gasteiger partial charge in [-0.25, -0.2) is 4.98 Å². The molecular weight excluding hydrogens is 240 g/mol. The normalized spacial score (nSPS) is 21.6. The van der Waals surface area contributed by atoms with Crippen LogP contribution in [0.15, 0.2) is 18.3 Å². The number of carbonyl (C=O) groups excluding carboxylic acids is 1. The first-order chi connectivity index (χ1) is 8.08. The summed E-state index contributed by atoms with van der Waals surface area (Å²) in [5.74, 6) is 0.0797. The van der Waals surface area contributed by atoms with Crippen LogP contribution in [0.3, 0.4) is 0 Å². The topological polar surface area (TPSA) is 53.4 Å². The van der Waals surface area contributed by atoms with Crippen molar-refractivity contribution in [3.8, 4) is 0 Å². The first-order valence-corrected chi connectivity index (χ1v) is 6.04. The first-order valence-electron chi connectivity index (χ1n) is 5.67. The van der Waals surface area contributed by atoms with Gasteiger partial charge in [-0.2, -0.15) is 0 Å². The number of pyridine rings is 1. The summed E-state index contributed by atoms with van der Waals surface area (Å²) in [5, 5.41) is 10.0. The van der Waals surface area contributed by atoms with E-state index in [9.17, 15) is 9.90 Å². The number of carbonyl (C=O) groups is 1. The van der Waals surface area contributed by atoms with Gasteiger partial charge in [0.05, 0.1) is 11.1 Å². The van der Waals surface area contributed by atoms with Gasteiger partial charge in [0, 0.05) is 25.2 Å². The van der Waals surface area contributed by atoms with Crippen LogP contribution < -0.4 is 0 Å². The maximum absolute atomic E-state index is 12.1. The molecule has 0 aromatic carbocycles. The maximum Gasteiger partial charge on any atom is 0.272 e. The van der Waals surface area contributed by atoms with Gasteiger partial charge in [-0.3, -0.25) is 4.79 Å². The van der Waals surface area contributed by atoms with E-state index in [0.717, 1.165) is 6.42 Å². The third-order valence-electron chi connectivity index (χ3n) is 3.14. The second kappa shape index (κ2) is 5.02. The van der Waals surface area contributed by atoms with E-state index < -0.39 is 0 Å². The predicted octanol–water partition coefficient (Wildman–Crippen LogP) is 1.58. The van der Waals surface area contributed by atoms with Crippen molar-refractivity contribution in [2.45, 2.75) is 19.4 Å². The Hall–Kier alpha value is -1.13. The van der Waals surface area contributed by atoms with Gasteiger partial charge < -0.3 is 10.0 Å². The van der Waals surface area contributed by atoms with Gasteiger partial charge in [0.15, 0.2) is 0 Å².